The molecule has 0 radical (unpaired) electrons. The van der Waals surface area contributed by atoms with E-state index in [4.69, 9.17) is 19.7 Å². The third kappa shape index (κ3) is 6.31. The van der Waals surface area contributed by atoms with Gasteiger partial charge in [-0.2, -0.15) is 5.26 Å². The summed E-state index contributed by atoms with van der Waals surface area (Å²) < 4.78 is 17.9. The first-order valence-corrected chi connectivity index (χ1v) is 13.5. The van der Waals surface area contributed by atoms with Crippen LogP contribution in [0.3, 0.4) is 0 Å². The van der Waals surface area contributed by atoms with Gasteiger partial charge in [0.25, 0.3) is 0 Å². The smallest absolute Gasteiger partial charge is 0.411 e. The first-order valence-electron chi connectivity index (χ1n) is 13.5. The Morgan fingerprint density at radius 1 is 1.19 bits per heavy atom. The van der Waals surface area contributed by atoms with E-state index in [9.17, 15) is 14.9 Å². The second kappa shape index (κ2) is 11.1. The van der Waals surface area contributed by atoms with Crippen molar-refractivity contribution in [2.75, 3.05) is 39.5 Å². The van der Waals surface area contributed by atoms with Crippen molar-refractivity contribution in [3.63, 3.8) is 0 Å². The Bertz CT molecular complexity index is 938. The minimum atomic E-state index is -0.690. The molecule has 4 bridgehead atoms. The maximum absolute atomic E-state index is 13.6. The van der Waals surface area contributed by atoms with Crippen LogP contribution in [0, 0.1) is 23.2 Å². The largest absolute Gasteiger partial charge is 0.444 e. The molecule has 1 aliphatic heterocycles. The average Bonchev–Trinajstić information content (AvgIpc) is 3.29. The van der Waals surface area contributed by atoms with Gasteiger partial charge < -0.3 is 19.1 Å². The lowest BCUT2D eigenvalue weighted by Gasteiger charge is -2.64. The van der Waals surface area contributed by atoms with Crippen LogP contribution in [0.5, 0.6) is 0 Å². The molecule has 1 heterocycles. The van der Waals surface area contributed by atoms with Gasteiger partial charge in [0.2, 0.25) is 5.91 Å². The lowest BCUT2D eigenvalue weighted by molar-refractivity contribution is -0.202. The number of ether oxygens (including phenoxy) is 3. The number of hydrogen-bond acceptors (Lipinski definition) is 7. The Morgan fingerprint density at radius 2 is 1.92 bits per heavy atom. The van der Waals surface area contributed by atoms with Gasteiger partial charge in [-0.1, -0.05) is 5.11 Å². The molecule has 0 aromatic carbocycles. The van der Waals surface area contributed by atoms with Crippen molar-refractivity contribution in [1.29, 1.82) is 5.26 Å². The second-order valence-corrected chi connectivity index (χ2v) is 12.2. The lowest BCUT2D eigenvalue weighted by Crippen LogP contribution is -2.68. The fourth-order valence-corrected chi connectivity index (χ4v) is 7.35. The highest BCUT2D eigenvalue weighted by atomic mass is 16.6. The molecule has 2 amide bonds. The molecule has 5 rings (SSSR count). The van der Waals surface area contributed by atoms with Crippen LogP contribution in [-0.2, 0) is 19.0 Å². The van der Waals surface area contributed by atoms with E-state index in [1.807, 2.05) is 20.8 Å². The Morgan fingerprint density at radius 3 is 2.57 bits per heavy atom. The molecule has 0 aromatic rings. The molecule has 4 aliphatic carbocycles. The van der Waals surface area contributed by atoms with Crippen LogP contribution in [0.2, 0.25) is 0 Å². The van der Waals surface area contributed by atoms with Gasteiger partial charge in [-0.05, 0) is 89.5 Å². The number of carbonyl (C=O) groups is 2. The van der Waals surface area contributed by atoms with Gasteiger partial charge in [-0.15, -0.1) is 0 Å². The fraction of sp³-hybridized carbons (Fsp3) is 0.885. The predicted molar refractivity (Wildman–Crippen MR) is 134 cm³/mol. The van der Waals surface area contributed by atoms with Gasteiger partial charge in [-0.3, -0.25) is 9.69 Å². The zero-order chi connectivity index (χ0) is 26.7. The van der Waals surface area contributed by atoms with Crippen LogP contribution in [0.25, 0.3) is 10.4 Å². The Balaban J connectivity index is 1.51. The van der Waals surface area contributed by atoms with Gasteiger partial charge in [0, 0.05) is 18.0 Å². The van der Waals surface area contributed by atoms with E-state index >= 15 is 0 Å². The zero-order valence-electron chi connectivity index (χ0n) is 22.4. The van der Waals surface area contributed by atoms with Crippen molar-refractivity contribution in [2.45, 2.75) is 94.9 Å². The van der Waals surface area contributed by atoms with Gasteiger partial charge in [0.05, 0.1) is 37.0 Å². The number of likely N-dealkylation sites (tertiary alicyclic amines) is 1. The van der Waals surface area contributed by atoms with Crippen molar-refractivity contribution in [1.82, 2.24) is 9.80 Å². The highest BCUT2D eigenvalue weighted by Gasteiger charge is 2.62. The minimum Gasteiger partial charge on any atom is -0.444 e. The van der Waals surface area contributed by atoms with Crippen LogP contribution in [0.4, 0.5) is 4.79 Å². The lowest BCUT2D eigenvalue weighted by atomic mass is 9.50. The molecule has 0 spiro atoms. The quantitative estimate of drug-likeness (QED) is 0.185. The number of amides is 2. The van der Waals surface area contributed by atoms with Crippen molar-refractivity contribution in [2.24, 2.45) is 17.0 Å². The standard InChI is InChI=1S/C26H40N6O5/c1-24(2,3)37-23(34)32(17-22(33)31-7-4-5-21(31)16-27)25-12-19-11-20(13-25)15-26(14-19,18-25)36-10-9-35-8-6-29-30-28/h19-21H,4-15,17-18H2,1-3H3/t19?,20?,21-,25?,26?/m0/s1. The van der Waals surface area contributed by atoms with Crippen LogP contribution in [0.15, 0.2) is 5.11 Å². The number of nitrogens with zero attached hydrogens (tertiary/aromatic N) is 6. The van der Waals surface area contributed by atoms with E-state index in [2.05, 4.69) is 16.1 Å². The van der Waals surface area contributed by atoms with E-state index in [0.717, 1.165) is 38.5 Å². The summed E-state index contributed by atoms with van der Waals surface area (Å²) in [5.74, 6) is 0.658. The van der Waals surface area contributed by atoms with E-state index in [0.29, 0.717) is 51.0 Å². The van der Waals surface area contributed by atoms with Gasteiger partial charge >= 0.3 is 6.09 Å². The second-order valence-electron chi connectivity index (χ2n) is 12.2. The summed E-state index contributed by atoms with van der Waals surface area (Å²) in [5, 5.41) is 13.0. The van der Waals surface area contributed by atoms with Crippen molar-refractivity contribution in [3.05, 3.63) is 10.4 Å². The minimum absolute atomic E-state index is 0.0782. The summed E-state index contributed by atoms with van der Waals surface area (Å²) in [6.45, 7) is 7.45. The summed E-state index contributed by atoms with van der Waals surface area (Å²) in [6, 6.07) is 1.80. The molecule has 204 valence electrons. The molecule has 5 fully saturated rings. The topological polar surface area (TPSA) is 141 Å². The molecule has 37 heavy (non-hydrogen) atoms. The number of rotatable bonds is 10. The molecule has 0 aromatic heterocycles. The van der Waals surface area contributed by atoms with Gasteiger partial charge in [0.15, 0.2) is 0 Å². The maximum atomic E-state index is 13.6. The predicted octanol–water partition coefficient (Wildman–Crippen LogP) is 4.17. The maximum Gasteiger partial charge on any atom is 0.411 e. The monoisotopic (exact) mass is 516 g/mol. The average molecular weight is 517 g/mol. The molecule has 3 atom stereocenters. The number of nitriles is 1. The summed E-state index contributed by atoms with van der Waals surface area (Å²) in [4.78, 5) is 33.1. The van der Waals surface area contributed by atoms with Crippen molar-refractivity contribution in [3.8, 4) is 6.07 Å². The Hall–Kier alpha value is -2.54. The summed E-state index contributed by atoms with van der Waals surface area (Å²) in [6.07, 6.45) is 6.36. The van der Waals surface area contributed by atoms with Crippen LogP contribution in [0.1, 0.15) is 72.1 Å². The third-order valence-electron chi connectivity index (χ3n) is 8.21. The summed E-state index contributed by atoms with van der Waals surface area (Å²) >= 11 is 0. The molecular formula is C26H40N6O5. The van der Waals surface area contributed by atoms with E-state index in [-0.39, 0.29) is 24.6 Å². The fourth-order valence-electron chi connectivity index (χ4n) is 7.35. The third-order valence-corrected chi connectivity index (χ3v) is 8.21. The first-order chi connectivity index (χ1) is 17.6. The highest BCUT2D eigenvalue weighted by molar-refractivity contribution is 5.83. The van der Waals surface area contributed by atoms with Crippen LogP contribution in [-0.4, -0.2) is 84.0 Å². The van der Waals surface area contributed by atoms with Crippen LogP contribution < -0.4 is 0 Å². The number of hydrogen-bond donors (Lipinski definition) is 0. The van der Waals surface area contributed by atoms with Crippen molar-refractivity contribution >= 4 is 12.0 Å². The Labute approximate surface area is 219 Å². The molecule has 4 saturated carbocycles. The molecule has 11 nitrogen and oxygen atoms in total. The SMILES string of the molecule is CC(C)(C)OC(=O)N(CC(=O)N1CCC[C@H]1C#N)C12CC3CC(CC(OCCOCCN=[N+]=[N-])(C3)C1)C2. The number of azide groups is 1. The Kier molecular flexibility index (Phi) is 8.22. The van der Waals surface area contributed by atoms with E-state index in [1.165, 1.54) is 0 Å². The molecule has 5 aliphatic rings. The summed E-state index contributed by atoms with van der Waals surface area (Å²) in [7, 11) is 0. The van der Waals surface area contributed by atoms with Crippen molar-refractivity contribution < 1.29 is 23.8 Å². The molecular weight excluding hydrogens is 476 g/mol. The summed E-state index contributed by atoms with van der Waals surface area (Å²) in [5.41, 5.74) is 6.83. The molecule has 1 saturated heterocycles. The highest BCUT2D eigenvalue weighted by Crippen LogP contribution is 2.61. The normalized spacial score (nSPS) is 32.1. The number of carbonyl (C=O) groups excluding carboxylic acids is 2. The van der Waals surface area contributed by atoms with Gasteiger partial charge in [0.1, 0.15) is 18.2 Å². The van der Waals surface area contributed by atoms with Gasteiger partial charge in [-0.25, -0.2) is 4.79 Å². The first kappa shape index (κ1) is 27.5. The zero-order valence-corrected chi connectivity index (χ0v) is 22.4. The van der Waals surface area contributed by atoms with Crippen LogP contribution >= 0.6 is 0 Å². The van der Waals surface area contributed by atoms with E-state index in [1.54, 1.807) is 9.80 Å². The molecule has 11 heteroatoms. The molecule has 0 N–H and O–H groups in total. The molecule has 2 unspecified atom stereocenters. The van der Waals surface area contributed by atoms with E-state index < -0.39 is 23.3 Å².